The van der Waals surface area contributed by atoms with Gasteiger partial charge >= 0.3 is 0 Å². The number of nitro benzene ring substituents is 1. The van der Waals surface area contributed by atoms with E-state index in [0.29, 0.717) is 16.3 Å². The number of rotatable bonds is 4. The summed E-state index contributed by atoms with van der Waals surface area (Å²) in [5.74, 6) is -1.18. The van der Waals surface area contributed by atoms with Crippen molar-refractivity contribution >= 4 is 23.0 Å². The molecule has 2 rings (SSSR count). The van der Waals surface area contributed by atoms with Gasteiger partial charge in [-0.05, 0) is 12.1 Å². The zero-order valence-corrected chi connectivity index (χ0v) is 10.9. The first-order valence-electron chi connectivity index (χ1n) is 5.63. The van der Waals surface area contributed by atoms with Crippen LogP contribution in [0.15, 0.2) is 36.4 Å². The summed E-state index contributed by atoms with van der Waals surface area (Å²) in [6, 6.07) is 8.09. The Kier molecular flexibility index (Phi) is 4.05. The molecule has 0 heterocycles. The van der Waals surface area contributed by atoms with Gasteiger partial charge in [0, 0.05) is 24.2 Å². The first kappa shape index (κ1) is 14.1. The van der Waals surface area contributed by atoms with Crippen molar-refractivity contribution in [2.24, 2.45) is 0 Å². The van der Waals surface area contributed by atoms with E-state index in [0.717, 1.165) is 6.07 Å². The van der Waals surface area contributed by atoms with Crippen molar-refractivity contribution in [1.82, 2.24) is 0 Å². The second-order valence-corrected chi connectivity index (χ2v) is 4.43. The lowest BCUT2D eigenvalue weighted by atomic mass is 10.2. The van der Waals surface area contributed by atoms with Crippen molar-refractivity contribution in [3.8, 4) is 5.75 Å². The third-order valence-corrected chi connectivity index (χ3v) is 3.03. The van der Waals surface area contributed by atoms with Gasteiger partial charge < -0.3 is 10.4 Å². The third-order valence-electron chi connectivity index (χ3n) is 2.70. The molecule has 0 aromatic heterocycles. The average Bonchev–Trinajstić information content (AvgIpc) is 2.41. The molecule has 0 amide bonds. The number of para-hydroxylation sites is 1. The number of nitro groups is 1. The Morgan fingerprint density at radius 3 is 2.80 bits per heavy atom. The highest BCUT2D eigenvalue weighted by atomic mass is 35.5. The van der Waals surface area contributed by atoms with Gasteiger partial charge in [0.15, 0.2) is 11.6 Å². The Labute approximate surface area is 118 Å². The predicted molar refractivity (Wildman–Crippen MR) is 73.5 cm³/mol. The summed E-state index contributed by atoms with van der Waals surface area (Å²) >= 11 is 5.92. The molecular weight excluding hydrogens is 287 g/mol. The fourth-order valence-electron chi connectivity index (χ4n) is 1.66. The maximum absolute atomic E-state index is 13.2. The number of benzene rings is 2. The molecule has 0 atom stereocenters. The molecule has 0 saturated carbocycles. The van der Waals surface area contributed by atoms with Crippen molar-refractivity contribution in [3.63, 3.8) is 0 Å². The van der Waals surface area contributed by atoms with Gasteiger partial charge in [0.25, 0.3) is 5.69 Å². The number of phenolic OH excluding ortho intramolecular Hbond substituents is 1. The summed E-state index contributed by atoms with van der Waals surface area (Å²) in [4.78, 5) is 10.1. The summed E-state index contributed by atoms with van der Waals surface area (Å²) in [6.45, 7) is 0.0878. The molecule has 20 heavy (non-hydrogen) atoms. The fraction of sp³-hybridized carbons (Fsp3) is 0.0769. The minimum atomic E-state index is -0.727. The molecule has 0 unspecified atom stereocenters. The molecule has 0 spiro atoms. The number of halogens is 2. The van der Waals surface area contributed by atoms with E-state index in [1.165, 1.54) is 30.3 Å². The number of aromatic hydroxyl groups is 1. The Bertz CT molecular complexity index is 664. The Balaban J connectivity index is 2.20. The number of nitrogens with one attached hydrogen (secondary N) is 1. The molecule has 7 heteroatoms. The van der Waals surface area contributed by atoms with Gasteiger partial charge in [-0.25, -0.2) is 4.39 Å². The van der Waals surface area contributed by atoms with Crippen LogP contribution in [0, 0.1) is 15.9 Å². The van der Waals surface area contributed by atoms with E-state index < -0.39 is 16.5 Å². The van der Waals surface area contributed by atoms with E-state index in [1.807, 2.05) is 0 Å². The number of non-ortho nitro benzene ring substituents is 1. The molecule has 0 radical (unpaired) electrons. The highest BCUT2D eigenvalue weighted by Crippen LogP contribution is 2.28. The minimum Gasteiger partial charge on any atom is -0.505 e. The van der Waals surface area contributed by atoms with Crippen molar-refractivity contribution in [2.75, 3.05) is 5.32 Å². The van der Waals surface area contributed by atoms with Crippen LogP contribution in [-0.4, -0.2) is 10.0 Å². The second kappa shape index (κ2) is 5.75. The monoisotopic (exact) mass is 296 g/mol. The topological polar surface area (TPSA) is 75.4 Å². The van der Waals surface area contributed by atoms with Gasteiger partial charge in [-0.3, -0.25) is 10.1 Å². The van der Waals surface area contributed by atoms with Crippen LogP contribution in [0.3, 0.4) is 0 Å². The van der Waals surface area contributed by atoms with Crippen molar-refractivity contribution in [1.29, 1.82) is 0 Å². The molecule has 0 aliphatic heterocycles. The van der Waals surface area contributed by atoms with Crippen LogP contribution in [-0.2, 0) is 6.54 Å². The lowest BCUT2D eigenvalue weighted by Gasteiger charge is -2.10. The van der Waals surface area contributed by atoms with Gasteiger partial charge in [0.1, 0.15) is 0 Å². The summed E-state index contributed by atoms with van der Waals surface area (Å²) in [5, 5.41) is 23.3. The van der Waals surface area contributed by atoms with Crippen LogP contribution in [0.1, 0.15) is 5.56 Å². The van der Waals surface area contributed by atoms with E-state index >= 15 is 0 Å². The largest absolute Gasteiger partial charge is 0.505 e. The van der Waals surface area contributed by atoms with E-state index in [9.17, 15) is 19.6 Å². The van der Waals surface area contributed by atoms with E-state index in [4.69, 9.17) is 11.6 Å². The Hall–Kier alpha value is -2.34. The molecule has 0 aliphatic carbocycles. The van der Waals surface area contributed by atoms with E-state index in [1.54, 1.807) is 0 Å². The first-order valence-corrected chi connectivity index (χ1v) is 6.01. The molecule has 2 aromatic rings. The van der Waals surface area contributed by atoms with Gasteiger partial charge in [-0.1, -0.05) is 23.7 Å². The molecule has 0 bridgehead atoms. The molecule has 0 aliphatic rings. The van der Waals surface area contributed by atoms with Crippen LogP contribution < -0.4 is 5.32 Å². The Morgan fingerprint density at radius 2 is 2.10 bits per heavy atom. The standard InChI is InChI=1S/C13H10ClFN2O3/c14-10-5-4-9(17(19)20)6-12(10)16-7-8-2-1-3-11(15)13(8)18/h1-6,16,18H,7H2. The highest BCUT2D eigenvalue weighted by molar-refractivity contribution is 6.33. The van der Waals surface area contributed by atoms with Gasteiger partial charge in [0.2, 0.25) is 0 Å². The van der Waals surface area contributed by atoms with Crippen LogP contribution in [0.2, 0.25) is 5.02 Å². The van der Waals surface area contributed by atoms with Crippen LogP contribution in [0.5, 0.6) is 5.75 Å². The zero-order chi connectivity index (χ0) is 14.7. The highest BCUT2D eigenvalue weighted by Gasteiger charge is 2.11. The van der Waals surface area contributed by atoms with E-state index in [2.05, 4.69) is 5.32 Å². The van der Waals surface area contributed by atoms with Crippen molar-refractivity contribution in [2.45, 2.75) is 6.54 Å². The number of hydrogen-bond acceptors (Lipinski definition) is 4. The lowest BCUT2D eigenvalue weighted by Crippen LogP contribution is -2.01. The summed E-state index contributed by atoms with van der Waals surface area (Å²) in [7, 11) is 0. The van der Waals surface area contributed by atoms with Gasteiger partial charge in [-0.15, -0.1) is 0 Å². The van der Waals surface area contributed by atoms with E-state index in [-0.39, 0.29) is 12.2 Å². The van der Waals surface area contributed by atoms with Crippen LogP contribution >= 0.6 is 11.6 Å². The van der Waals surface area contributed by atoms with Crippen molar-refractivity contribution in [3.05, 3.63) is 62.9 Å². The Morgan fingerprint density at radius 1 is 1.35 bits per heavy atom. The number of nitrogens with zero attached hydrogens (tertiary/aromatic N) is 1. The normalized spacial score (nSPS) is 10.3. The quantitative estimate of drug-likeness (QED) is 0.666. The maximum atomic E-state index is 13.2. The smallest absolute Gasteiger partial charge is 0.271 e. The number of phenols is 1. The maximum Gasteiger partial charge on any atom is 0.271 e. The SMILES string of the molecule is O=[N+]([O-])c1ccc(Cl)c(NCc2cccc(F)c2O)c1. The molecule has 104 valence electrons. The predicted octanol–water partition coefficient (Wildman–Crippen LogP) is 3.71. The van der Waals surface area contributed by atoms with Gasteiger partial charge in [-0.2, -0.15) is 0 Å². The zero-order valence-electron chi connectivity index (χ0n) is 10.1. The molecule has 0 fully saturated rings. The first-order chi connectivity index (χ1) is 9.49. The molecule has 2 N–H and O–H groups in total. The number of hydrogen-bond donors (Lipinski definition) is 2. The minimum absolute atomic E-state index is 0.0878. The fourth-order valence-corrected chi connectivity index (χ4v) is 1.84. The summed E-state index contributed by atoms with van der Waals surface area (Å²) in [5.41, 5.74) is 0.553. The summed E-state index contributed by atoms with van der Waals surface area (Å²) < 4.78 is 13.2. The summed E-state index contributed by atoms with van der Waals surface area (Å²) in [6.07, 6.45) is 0. The van der Waals surface area contributed by atoms with Crippen LogP contribution in [0.25, 0.3) is 0 Å². The average molecular weight is 297 g/mol. The number of anilines is 1. The molecule has 5 nitrogen and oxygen atoms in total. The van der Waals surface area contributed by atoms with Crippen molar-refractivity contribution < 1.29 is 14.4 Å². The molecular formula is C13H10ClFN2O3. The molecule has 2 aromatic carbocycles. The van der Waals surface area contributed by atoms with Gasteiger partial charge in [0.05, 0.1) is 15.6 Å². The van der Waals surface area contributed by atoms with Crippen LogP contribution in [0.4, 0.5) is 15.8 Å². The third kappa shape index (κ3) is 2.97. The lowest BCUT2D eigenvalue weighted by molar-refractivity contribution is -0.384. The molecule has 0 saturated heterocycles. The second-order valence-electron chi connectivity index (χ2n) is 4.02.